The highest BCUT2D eigenvalue weighted by atomic mass is 16.1. The summed E-state index contributed by atoms with van der Waals surface area (Å²) >= 11 is 0. The Bertz CT molecular complexity index is 700. The van der Waals surface area contributed by atoms with E-state index in [1.807, 2.05) is 6.08 Å². The van der Waals surface area contributed by atoms with Crippen molar-refractivity contribution in [3.63, 3.8) is 0 Å². The molecule has 0 aliphatic heterocycles. The van der Waals surface area contributed by atoms with Gasteiger partial charge in [0.2, 0.25) is 0 Å². The molecule has 0 aromatic carbocycles. The van der Waals surface area contributed by atoms with Gasteiger partial charge in [-0.2, -0.15) is 0 Å². The molecule has 0 aromatic rings. The second kappa shape index (κ2) is 4.73. The van der Waals surface area contributed by atoms with Crippen LogP contribution >= 0.6 is 0 Å². The lowest BCUT2D eigenvalue weighted by Crippen LogP contribution is -2.48. The Kier molecular flexibility index (Phi) is 3.08. The Hall–Kier alpha value is -1.55. The van der Waals surface area contributed by atoms with Crippen molar-refractivity contribution in [1.82, 2.24) is 0 Å². The highest BCUT2D eigenvalue weighted by Crippen LogP contribution is 2.65. The number of terminal acetylenes is 1. The Balaban J connectivity index is 1.81. The van der Waals surface area contributed by atoms with Crippen LogP contribution in [0, 0.1) is 46.8 Å². The zero-order valence-corrected chi connectivity index (χ0v) is 14.4. The summed E-state index contributed by atoms with van der Waals surface area (Å²) in [6.45, 7) is 6.96. The molecule has 120 valence electrons. The minimum Gasteiger partial charge on any atom is -0.290 e. The van der Waals surface area contributed by atoms with Crippen molar-refractivity contribution >= 4 is 5.78 Å². The van der Waals surface area contributed by atoms with Gasteiger partial charge in [-0.15, -0.1) is 12.3 Å². The van der Waals surface area contributed by atoms with Gasteiger partial charge in [0.1, 0.15) is 0 Å². The summed E-state index contributed by atoms with van der Waals surface area (Å²) in [4.78, 5) is 11.9. The van der Waals surface area contributed by atoms with Gasteiger partial charge in [0.05, 0.1) is 0 Å². The van der Waals surface area contributed by atoms with Crippen molar-refractivity contribution in [2.24, 2.45) is 34.5 Å². The summed E-state index contributed by atoms with van der Waals surface area (Å²) in [6, 6.07) is 0. The SMILES string of the molecule is C#C[C@H]1CC[C@H]2[C@@H]3C=C(C)C4=CC(=O)C=C[C@]4(C)[C@H]3CC[C@]12C. The second-order valence-corrected chi connectivity index (χ2v) is 8.56. The lowest BCUT2D eigenvalue weighted by Gasteiger charge is -2.55. The summed E-state index contributed by atoms with van der Waals surface area (Å²) in [6.07, 6.45) is 19.0. The molecule has 4 aliphatic carbocycles. The zero-order chi connectivity index (χ0) is 16.4. The van der Waals surface area contributed by atoms with Gasteiger partial charge in [0.25, 0.3) is 0 Å². The molecule has 6 atom stereocenters. The van der Waals surface area contributed by atoms with Crippen LogP contribution in [-0.2, 0) is 4.79 Å². The maximum absolute atomic E-state index is 11.9. The fourth-order valence-corrected chi connectivity index (χ4v) is 6.33. The van der Waals surface area contributed by atoms with Gasteiger partial charge in [-0.25, -0.2) is 0 Å². The van der Waals surface area contributed by atoms with E-state index in [0.29, 0.717) is 29.1 Å². The van der Waals surface area contributed by atoms with Gasteiger partial charge in [-0.05, 0) is 73.5 Å². The first-order chi connectivity index (χ1) is 10.9. The summed E-state index contributed by atoms with van der Waals surface area (Å²) in [5, 5.41) is 0. The number of fused-ring (bicyclic) bond motifs is 5. The van der Waals surface area contributed by atoms with Gasteiger partial charge in [0.15, 0.2) is 5.78 Å². The number of carbonyl (C=O) groups excluding carboxylic acids is 1. The van der Waals surface area contributed by atoms with E-state index in [4.69, 9.17) is 6.42 Å². The minimum atomic E-state index is 0.0208. The smallest absolute Gasteiger partial charge is 0.178 e. The molecule has 0 N–H and O–H groups in total. The van der Waals surface area contributed by atoms with Crippen LogP contribution in [0.3, 0.4) is 0 Å². The minimum absolute atomic E-state index is 0.0208. The Labute approximate surface area is 139 Å². The molecular weight excluding hydrogens is 280 g/mol. The van der Waals surface area contributed by atoms with Crippen molar-refractivity contribution in [2.45, 2.75) is 46.5 Å². The first kappa shape index (κ1) is 15.0. The van der Waals surface area contributed by atoms with E-state index in [1.165, 1.54) is 36.8 Å². The molecule has 0 heterocycles. The molecule has 0 bridgehead atoms. The number of ketones is 1. The Morgan fingerprint density at radius 1 is 1.22 bits per heavy atom. The van der Waals surface area contributed by atoms with E-state index in [-0.39, 0.29) is 11.2 Å². The van der Waals surface area contributed by atoms with Gasteiger partial charge >= 0.3 is 0 Å². The summed E-state index contributed by atoms with van der Waals surface area (Å²) in [5.74, 6) is 5.58. The van der Waals surface area contributed by atoms with Crippen molar-refractivity contribution in [3.05, 3.63) is 35.5 Å². The van der Waals surface area contributed by atoms with Crippen LogP contribution in [0.25, 0.3) is 0 Å². The first-order valence-electron chi connectivity index (χ1n) is 9.00. The predicted octanol–water partition coefficient (Wildman–Crippen LogP) is 4.71. The fourth-order valence-electron chi connectivity index (χ4n) is 6.33. The fraction of sp³-hybridized carbons (Fsp3) is 0.591. The van der Waals surface area contributed by atoms with Crippen LogP contribution in [0.2, 0.25) is 0 Å². The standard InChI is InChI=1S/C22H26O/c1-5-15-6-7-18-17-12-14(2)20-13-16(23)8-10-22(20,4)19(17)9-11-21(15,18)3/h1,8,10,12-13,15,17-19H,6-7,9,11H2,2-4H3/t15-,17-,18-,19-,21+,22+/m0/s1. The van der Waals surface area contributed by atoms with E-state index in [9.17, 15) is 4.79 Å². The molecule has 0 saturated heterocycles. The molecule has 0 unspecified atom stereocenters. The van der Waals surface area contributed by atoms with Crippen LogP contribution in [0.5, 0.6) is 0 Å². The summed E-state index contributed by atoms with van der Waals surface area (Å²) in [7, 11) is 0. The van der Waals surface area contributed by atoms with Crippen LogP contribution < -0.4 is 0 Å². The lowest BCUT2D eigenvalue weighted by atomic mass is 9.48. The molecule has 23 heavy (non-hydrogen) atoms. The summed E-state index contributed by atoms with van der Waals surface area (Å²) in [5.41, 5.74) is 2.88. The highest BCUT2D eigenvalue weighted by molar-refractivity contribution is 6.01. The van der Waals surface area contributed by atoms with Crippen molar-refractivity contribution < 1.29 is 4.79 Å². The normalized spacial score (nSPS) is 47.8. The second-order valence-electron chi connectivity index (χ2n) is 8.56. The Morgan fingerprint density at radius 2 is 2.00 bits per heavy atom. The molecule has 2 fully saturated rings. The van der Waals surface area contributed by atoms with Gasteiger partial charge in [-0.3, -0.25) is 4.79 Å². The van der Waals surface area contributed by atoms with E-state index in [1.54, 1.807) is 6.08 Å². The molecule has 0 aromatic heterocycles. The monoisotopic (exact) mass is 306 g/mol. The molecule has 0 amide bonds. The zero-order valence-electron chi connectivity index (χ0n) is 14.4. The largest absolute Gasteiger partial charge is 0.290 e. The first-order valence-corrected chi connectivity index (χ1v) is 9.00. The van der Waals surface area contributed by atoms with Crippen LogP contribution in [0.15, 0.2) is 35.5 Å². The number of hydrogen-bond donors (Lipinski definition) is 0. The molecule has 0 radical (unpaired) electrons. The highest BCUT2D eigenvalue weighted by Gasteiger charge is 2.57. The molecule has 2 saturated carbocycles. The lowest BCUT2D eigenvalue weighted by molar-refractivity contribution is -0.110. The third-order valence-electron chi connectivity index (χ3n) is 7.63. The van der Waals surface area contributed by atoms with Crippen molar-refractivity contribution in [2.75, 3.05) is 0 Å². The number of rotatable bonds is 0. The third-order valence-corrected chi connectivity index (χ3v) is 7.63. The molecule has 4 rings (SSSR count). The third kappa shape index (κ3) is 1.84. The maximum Gasteiger partial charge on any atom is 0.178 e. The van der Waals surface area contributed by atoms with Crippen LogP contribution in [0.4, 0.5) is 0 Å². The number of hydrogen-bond acceptors (Lipinski definition) is 1. The number of allylic oxidation sites excluding steroid dienone is 6. The topological polar surface area (TPSA) is 17.1 Å². The quantitative estimate of drug-likeness (QED) is 0.592. The number of carbonyl (C=O) groups is 1. The summed E-state index contributed by atoms with van der Waals surface area (Å²) < 4.78 is 0. The van der Waals surface area contributed by atoms with Gasteiger partial charge in [0, 0.05) is 11.3 Å². The van der Waals surface area contributed by atoms with E-state index in [0.717, 1.165) is 0 Å². The average molecular weight is 306 g/mol. The Morgan fingerprint density at radius 3 is 2.74 bits per heavy atom. The average Bonchev–Trinajstić information content (AvgIpc) is 2.86. The molecular formula is C22H26O. The molecule has 1 nitrogen and oxygen atoms in total. The molecule has 0 spiro atoms. The van der Waals surface area contributed by atoms with Crippen molar-refractivity contribution in [1.29, 1.82) is 0 Å². The van der Waals surface area contributed by atoms with E-state index >= 15 is 0 Å². The van der Waals surface area contributed by atoms with E-state index < -0.39 is 0 Å². The van der Waals surface area contributed by atoms with Gasteiger partial charge in [-0.1, -0.05) is 31.6 Å². The molecule has 4 aliphatic rings. The van der Waals surface area contributed by atoms with Gasteiger partial charge < -0.3 is 0 Å². The molecule has 1 heteroatoms. The van der Waals surface area contributed by atoms with Crippen LogP contribution in [-0.4, -0.2) is 5.78 Å². The maximum atomic E-state index is 11.9. The van der Waals surface area contributed by atoms with Crippen molar-refractivity contribution in [3.8, 4) is 12.3 Å². The predicted molar refractivity (Wildman–Crippen MR) is 93.5 cm³/mol. The van der Waals surface area contributed by atoms with Crippen LogP contribution in [0.1, 0.15) is 46.5 Å². The van der Waals surface area contributed by atoms with E-state index in [2.05, 4.69) is 38.8 Å².